The second-order valence-electron chi connectivity index (χ2n) is 4.90. The summed E-state index contributed by atoms with van der Waals surface area (Å²) in [6.07, 6.45) is 1.03. The molecule has 0 aromatic rings. The van der Waals surface area contributed by atoms with Gasteiger partial charge < -0.3 is 4.90 Å². The number of hydrogen-bond donors (Lipinski definition) is 0. The molecule has 0 bridgehead atoms. The van der Waals surface area contributed by atoms with Crippen molar-refractivity contribution in [1.29, 1.82) is 0 Å². The summed E-state index contributed by atoms with van der Waals surface area (Å²) in [5.74, 6) is 1.81. The summed E-state index contributed by atoms with van der Waals surface area (Å²) in [6.45, 7) is 8.34. The fourth-order valence-corrected chi connectivity index (χ4v) is 3.29. The Kier molecular flexibility index (Phi) is 3.08. The van der Waals surface area contributed by atoms with Gasteiger partial charge >= 0.3 is 0 Å². The Balaban J connectivity index is 0.000000980. The van der Waals surface area contributed by atoms with Crippen LogP contribution in [0.15, 0.2) is 0 Å². The number of hydrogen-bond acceptors (Lipinski definition) is 2. The molecule has 1 radical (unpaired) electrons. The van der Waals surface area contributed by atoms with E-state index in [1.54, 1.807) is 6.92 Å². The summed E-state index contributed by atoms with van der Waals surface area (Å²) < 4.78 is 0. The fourth-order valence-electron chi connectivity index (χ4n) is 3.29. The van der Waals surface area contributed by atoms with Crippen LogP contribution < -0.4 is 0 Å². The molecule has 77 valence electrons. The smallest absolute Gasteiger partial charge is 0.147 e. The molecule has 0 spiro atoms. The maximum Gasteiger partial charge on any atom is 0.147 e. The molecule has 2 fully saturated rings. The van der Waals surface area contributed by atoms with Crippen LogP contribution >= 0.6 is 0 Å². The third-order valence-electron chi connectivity index (χ3n) is 4.66. The Hall–Kier alpha value is 0.734. The number of likely N-dealkylation sites (tertiary alicyclic amines) is 1. The second-order valence-corrected chi connectivity index (χ2v) is 4.90. The van der Waals surface area contributed by atoms with E-state index in [1.165, 1.54) is 5.92 Å². The molecule has 2 aliphatic rings. The molecule has 0 amide bonds. The van der Waals surface area contributed by atoms with E-state index in [1.807, 2.05) is 0 Å². The SMILES string of the molecule is CC(=O)C12CC1(C)[C-](C)C(C)N2C.[Y]. The van der Waals surface area contributed by atoms with Crippen LogP contribution in [0, 0.1) is 11.3 Å². The zero-order chi connectivity index (χ0) is 10.0. The standard InChI is InChI=1S/C11H18NO.Y/c1-7-8(2)12(5)11(9(3)13)6-10(7,11)4;/h8H,6H2,1-5H3;/q-1;. The summed E-state index contributed by atoms with van der Waals surface area (Å²) in [7, 11) is 2.08. The number of rotatable bonds is 1. The van der Waals surface area contributed by atoms with Gasteiger partial charge in [0.25, 0.3) is 0 Å². The molecule has 0 aromatic heterocycles. The van der Waals surface area contributed by atoms with Crippen LogP contribution in [0.25, 0.3) is 0 Å². The van der Waals surface area contributed by atoms with Crippen molar-refractivity contribution < 1.29 is 37.5 Å². The summed E-state index contributed by atoms with van der Waals surface area (Å²) in [6, 6.07) is 0.461. The van der Waals surface area contributed by atoms with Crippen molar-refractivity contribution in [1.82, 2.24) is 4.90 Å². The molecule has 1 saturated carbocycles. The van der Waals surface area contributed by atoms with E-state index in [9.17, 15) is 4.79 Å². The third kappa shape index (κ3) is 1.11. The van der Waals surface area contributed by atoms with Crippen molar-refractivity contribution in [3.05, 3.63) is 5.92 Å². The number of piperidine rings is 1. The van der Waals surface area contributed by atoms with Crippen LogP contribution in [0.5, 0.6) is 0 Å². The number of likely N-dealkylation sites (N-methyl/N-ethyl adjacent to an activating group) is 1. The molecule has 1 heterocycles. The van der Waals surface area contributed by atoms with Gasteiger partial charge in [0.05, 0.1) is 5.54 Å². The van der Waals surface area contributed by atoms with Gasteiger partial charge in [-0.15, -0.1) is 11.5 Å². The van der Waals surface area contributed by atoms with Crippen molar-refractivity contribution in [3.8, 4) is 0 Å². The van der Waals surface area contributed by atoms with E-state index in [4.69, 9.17) is 0 Å². The molecule has 1 aliphatic carbocycles. The van der Waals surface area contributed by atoms with Gasteiger partial charge in [-0.05, 0) is 20.4 Å². The van der Waals surface area contributed by atoms with E-state index in [-0.39, 0.29) is 43.7 Å². The molecule has 14 heavy (non-hydrogen) atoms. The maximum absolute atomic E-state index is 11.7. The minimum atomic E-state index is -0.142. The molecule has 2 nitrogen and oxygen atoms in total. The molecule has 3 unspecified atom stereocenters. The van der Waals surface area contributed by atoms with Crippen LogP contribution in [0.2, 0.25) is 0 Å². The molecule has 3 heteroatoms. The summed E-state index contributed by atoms with van der Waals surface area (Å²) in [4.78, 5) is 13.9. The maximum atomic E-state index is 11.7. The first-order valence-corrected chi connectivity index (χ1v) is 4.96. The molecule has 0 aromatic carbocycles. The molecule has 0 N–H and O–H groups in total. The molecular formula is C11H18NOY-. The van der Waals surface area contributed by atoms with Gasteiger partial charge in [0.2, 0.25) is 0 Å². The Labute approximate surface area is 112 Å². The molecule has 1 saturated heterocycles. The van der Waals surface area contributed by atoms with Crippen LogP contribution in [-0.2, 0) is 37.5 Å². The summed E-state index contributed by atoms with van der Waals surface area (Å²) in [5.41, 5.74) is 0.0312. The second kappa shape index (κ2) is 3.36. The Morgan fingerprint density at radius 1 is 1.57 bits per heavy atom. The quantitative estimate of drug-likeness (QED) is 0.675. The number of Topliss-reactive ketones (excluding diaryl/α,β-unsaturated/α-hetero) is 1. The van der Waals surface area contributed by atoms with Crippen LogP contribution in [0.1, 0.15) is 34.1 Å². The first-order chi connectivity index (χ1) is 5.88. The van der Waals surface area contributed by atoms with Gasteiger partial charge in [0.15, 0.2) is 0 Å². The Morgan fingerprint density at radius 2 is 2.07 bits per heavy atom. The number of fused-ring (bicyclic) bond motifs is 1. The monoisotopic (exact) mass is 269 g/mol. The van der Waals surface area contributed by atoms with E-state index in [0.717, 1.165) is 6.42 Å². The van der Waals surface area contributed by atoms with Gasteiger partial charge in [-0.3, -0.25) is 10.7 Å². The molecular weight excluding hydrogens is 251 g/mol. The van der Waals surface area contributed by atoms with E-state index < -0.39 is 0 Å². The molecule has 2 rings (SSSR count). The van der Waals surface area contributed by atoms with Crippen LogP contribution in [-0.4, -0.2) is 29.3 Å². The van der Waals surface area contributed by atoms with Crippen molar-refractivity contribution >= 4 is 5.78 Å². The number of ketones is 1. The van der Waals surface area contributed by atoms with Crippen molar-refractivity contribution in [2.45, 2.75) is 45.7 Å². The number of carbonyl (C=O) groups excluding carboxylic acids is 1. The first kappa shape index (κ1) is 12.8. The van der Waals surface area contributed by atoms with Gasteiger partial charge in [-0.2, -0.15) is 6.92 Å². The normalized spacial score (nSPS) is 47.1. The van der Waals surface area contributed by atoms with Crippen LogP contribution in [0.3, 0.4) is 0 Å². The average Bonchev–Trinajstić information content (AvgIpc) is 2.67. The fraction of sp³-hybridized carbons (Fsp3) is 0.818. The third-order valence-corrected chi connectivity index (χ3v) is 4.66. The van der Waals surface area contributed by atoms with Crippen LogP contribution in [0.4, 0.5) is 0 Å². The van der Waals surface area contributed by atoms with Gasteiger partial charge in [-0.1, -0.05) is 13.8 Å². The minimum absolute atomic E-state index is 0. The summed E-state index contributed by atoms with van der Waals surface area (Å²) in [5, 5.41) is 0. The largest absolute Gasteiger partial charge is 0.323 e. The zero-order valence-electron chi connectivity index (χ0n) is 9.72. The predicted molar refractivity (Wildman–Crippen MR) is 52.3 cm³/mol. The predicted octanol–water partition coefficient (Wildman–Crippen LogP) is 1.65. The topological polar surface area (TPSA) is 20.3 Å². The summed E-state index contributed by atoms with van der Waals surface area (Å²) >= 11 is 0. The first-order valence-electron chi connectivity index (χ1n) is 4.96. The van der Waals surface area contributed by atoms with E-state index >= 15 is 0 Å². The Morgan fingerprint density at radius 3 is 2.29 bits per heavy atom. The van der Waals surface area contributed by atoms with E-state index in [0.29, 0.717) is 11.8 Å². The van der Waals surface area contributed by atoms with E-state index in [2.05, 4.69) is 32.7 Å². The van der Waals surface area contributed by atoms with Gasteiger partial charge in [-0.25, -0.2) is 0 Å². The van der Waals surface area contributed by atoms with Crippen molar-refractivity contribution in [3.63, 3.8) is 0 Å². The number of nitrogens with zero attached hydrogens (tertiary/aromatic N) is 1. The van der Waals surface area contributed by atoms with Gasteiger partial charge in [0, 0.05) is 32.7 Å². The molecule has 3 atom stereocenters. The Bertz CT molecular complexity index is 280. The van der Waals surface area contributed by atoms with Crippen molar-refractivity contribution in [2.24, 2.45) is 5.41 Å². The number of carbonyl (C=O) groups is 1. The zero-order valence-corrected chi connectivity index (χ0v) is 12.6. The van der Waals surface area contributed by atoms with Crippen molar-refractivity contribution in [2.75, 3.05) is 7.05 Å². The molecule has 1 aliphatic heterocycles. The van der Waals surface area contributed by atoms with Gasteiger partial charge in [0.1, 0.15) is 5.78 Å². The average molecular weight is 269 g/mol. The minimum Gasteiger partial charge on any atom is -0.323 e.